The molecule has 1 amide bonds. The van der Waals surface area contributed by atoms with Gasteiger partial charge in [0, 0.05) is 16.8 Å². The lowest BCUT2D eigenvalue weighted by Gasteiger charge is -2.29. The number of anilines is 1. The van der Waals surface area contributed by atoms with Gasteiger partial charge in [0.1, 0.15) is 0 Å². The van der Waals surface area contributed by atoms with E-state index < -0.39 is 0 Å². The molecule has 4 heteroatoms. The minimum Gasteiger partial charge on any atom is -0.398 e. The Balaban J connectivity index is 1.91. The van der Waals surface area contributed by atoms with Gasteiger partial charge in [-0.25, -0.2) is 0 Å². The molecule has 0 unspecified atom stereocenters. The number of nitrogens with one attached hydrogen (secondary N) is 1. The summed E-state index contributed by atoms with van der Waals surface area (Å²) >= 11 is 5.92. The number of rotatable bonds is 4. The summed E-state index contributed by atoms with van der Waals surface area (Å²) in [6, 6.07) is 5.28. The molecular formula is C16H23ClN2O. The van der Waals surface area contributed by atoms with Crippen molar-refractivity contribution in [1.29, 1.82) is 0 Å². The van der Waals surface area contributed by atoms with E-state index in [1.54, 1.807) is 18.2 Å². The summed E-state index contributed by atoms with van der Waals surface area (Å²) in [4.78, 5) is 12.2. The van der Waals surface area contributed by atoms with Crippen LogP contribution in [0.2, 0.25) is 5.02 Å². The average molecular weight is 295 g/mol. The molecule has 3 N–H and O–H groups in total. The summed E-state index contributed by atoms with van der Waals surface area (Å²) in [6.45, 7) is 2.23. The van der Waals surface area contributed by atoms with Gasteiger partial charge in [0.2, 0.25) is 0 Å². The van der Waals surface area contributed by atoms with E-state index in [2.05, 4.69) is 12.2 Å². The van der Waals surface area contributed by atoms with Gasteiger partial charge in [-0.05, 0) is 49.8 Å². The quantitative estimate of drug-likeness (QED) is 0.824. The van der Waals surface area contributed by atoms with Crippen molar-refractivity contribution in [2.24, 2.45) is 5.92 Å². The molecule has 1 aliphatic carbocycles. The van der Waals surface area contributed by atoms with Crippen LogP contribution in [-0.2, 0) is 0 Å². The first kappa shape index (κ1) is 15.2. The van der Waals surface area contributed by atoms with E-state index in [-0.39, 0.29) is 11.9 Å². The fourth-order valence-corrected chi connectivity index (χ4v) is 3.16. The van der Waals surface area contributed by atoms with Gasteiger partial charge >= 0.3 is 0 Å². The average Bonchev–Trinajstić information content (AvgIpc) is 2.44. The van der Waals surface area contributed by atoms with Crippen molar-refractivity contribution in [2.75, 3.05) is 5.73 Å². The summed E-state index contributed by atoms with van der Waals surface area (Å²) in [5, 5.41) is 3.63. The molecule has 0 bridgehead atoms. The third kappa shape index (κ3) is 3.89. The number of nitrogens with two attached hydrogens (primary N) is 1. The number of carbonyl (C=O) groups excluding carboxylic acids is 1. The van der Waals surface area contributed by atoms with Gasteiger partial charge < -0.3 is 11.1 Å². The van der Waals surface area contributed by atoms with Crippen LogP contribution in [0.5, 0.6) is 0 Å². The van der Waals surface area contributed by atoms with Crippen molar-refractivity contribution >= 4 is 23.2 Å². The number of nitrogen functional groups attached to an aromatic ring is 1. The molecule has 1 aromatic carbocycles. The van der Waals surface area contributed by atoms with E-state index in [1.807, 2.05) is 0 Å². The van der Waals surface area contributed by atoms with Crippen LogP contribution < -0.4 is 11.1 Å². The SMILES string of the molecule is CCCC1CCC(NC(=O)c2cc(Cl)ccc2N)CC1. The highest BCUT2D eigenvalue weighted by molar-refractivity contribution is 6.31. The van der Waals surface area contributed by atoms with Crippen LogP contribution in [0.3, 0.4) is 0 Å². The number of hydrogen-bond acceptors (Lipinski definition) is 2. The summed E-state index contributed by atoms with van der Waals surface area (Å²) < 4.78 is 0. The summed E-state index contributed by atoms with van der Waals surface area (Å²) in [5.41, 5.74) is 6.80. The third-order valence-corrected chi connectivity index (χ3v) is 4.37. The summed E-state index contributed by atoms with van der Waals surface area (Å²) in [5.74, 6) is 0.730. The predicted octanol–water partition coefficient (Wildman–Crippen LogP) is 4.01. The van der Waals surface area contributed by atoms with E-state index >= 15 is 0 Å². The van der Waals surface area contributed by atoms with Crippen LogP contribution in [0.4, 0.5) is 5.69 Å². The lowest BCUT2D eigenvalue weighted by atomic mass is 9.83. The van der Waals surface area contributed by atoms with Crippen molar-refractivity contribution < 1.29 is 4.79 Å². The normalized spacial score (nSPS) is 22.5. The lowest BCUT2D eigenvalue weighted by Crippen LogP contribution is -2.37. The Morgan fingerprint density at radius 1 is 1.35 bits per heavy atom. The van der Waals surface area contributed by atoms with Crippen LogP contribution in [0.15, 0.2) is 18.2 Å². The number of carbonyl (C=O) groups is 1. The zero-order chi connectivity index (χ0) is 14.5. The van der Waals surface area contributed by atoms with Gasteiger partial charge in [0.05, 0.1) is 5.56 Å². The van der Waals surface area contributed by atoms with Crippen LogP contribution in [-0.4, -0.2) is 11.9 Å². The molecule has 1 aromatic rings. The second-order valence-corrected chi connectivity index (χ2v) is 6.15. The molecule has 0 aliphatic heterocycles. The minimum absolute atomic E-state index is 0.107. The standard InChI is InChI=1S/C16H23ClN2O/c1-2-3-11-4-7-13(8-5-11)19-16(20)14-10-12(17)6-9-15(14)18/h6,9-11,13H,2-5,7-8,18H2,1H3,(H,19,20). The number of benzene rings is 1. The van der Waals surface area contributed by atoms with Crippen LogP contribution in [0.1, 0.15) is 55.8 Å². The Kier molecular flexibility index (Phi) is 5.30. The molecular weight excluding hydrogens is 272 g/mol. The topological polar surface area (TPSA) is 55.1 Å². The Hall–Kier alpha value is -1.22. The third-order valence-electron chi connectivity index (χ3n) is 4.14. The molecule has 110 valence electrons. The lowest BCUT2D eigenvalue weighted by molar-refractivity contribution is 0.0922. The maximum Gasteiger partial charge on any atom is 0.253 e. The maximum absolute atomic E-state index is 12.2. The first-order valence-electron chi connectivity index (χ1n) is 7.46. The fourth-order valence-electron chi connectivity index (χ4n) is 2.99. The predicted molar refractivity (Wildman–Crippen MR) is 84.0 cm³/mol. The van der Waals surface area contributed by atoms with Crippen molar-refractivity contribution in [2.45, 2.75) is 51.5 Å². The van der Waals surface area contributed by atoms with Crippen molar-refractivity contribution in [3.05, 3.63) is 28.8 Å². The Bertz CT molecular complexity index is 468. The molecule has 3 nitrogen and oxygen atoms in total. The fraction of sp³-hybridized carbons (Fsp3) is 0.562. The molecule has 0 radical (unpaired) electrons. The van der Waals surface area contributed by atoms with Gasteiger partial charge in [-0.1, -0.05) is 31.4 Å². The Morgan fingerprint density at radius 3 is 2.70 bits per heavy atom. The zero-order valence-electron chi connectivity index (χ0n) is 12.0. The number of halogens is 1. The van der Waals surface area contributed by atoms with Crippen LogP contribution in [0.25, 0.3) is 0 Å². The summed E-state index contributed by atoms with van der Waals surface area (Å²) in [7, 11) is 0. The van der Waals surface area contributed by atoms with Crippen LogP contribution >= 0.6 is 11.6 Å². The number of amides is 1. The van der Waals surface area contributed by atoms with Gasteiger partial charge in [-0.15, -0.1) is 0 Å². The first-order valence-corrected chi connectivity index (χ1v) is 7.83. The molecule has 0 spiro atoms. The Morgan fingerprint density at radius 2 is 2.05 bits per heavy atom. The molecule has 0 aromatic heterocycles. The molecule has 20 heavy (non-hydrogen) atoms. The van der Waals surface area contributed by atoms with Crippen molar-refractivity contribution in [3.63, 3.8) is 0 Å². The summed E-state index contributed by atoms with van der Waals surface area (Å²) in [6.07, 6.45) is 7.12. The molecule has 1 aliphatic rings. The van der Waals surface area contributed by atoms with E-state index in [1.165, 1.54) is 25.7 Å². The van der Waals surface area contributed by atoms with Crippen molar-refractivity contribution in [1.82, 2.24) is 5.32 Å². The zero-order valence-corrected chi connectivity index (χ0v) is 12.7. The van der Waals surface area contributed by atoms with E-state index in [0.29, 0.717) is 16.3 Å². The second kappa shape index (κ2) is 6.98. The highest BCUT2D eigenvalue weighted by atomic mass is 35.5. The minimum atomic E-state index is -0.107. The smallest absolute Gasteiger partial charge is 0.253 e. The van der Waals surface area contributed by atoms with Gasteiger partial charge in [0.25, 0.3) is 5.91 Å². The van der Waals surface area contributed by atoms with Gasteiger partial charge in [0.15, 0.2) is 0 Å². The van der Waals surface area contributed by atoms with E-state index in [4.69, 9.17) is 17.3 Å². The highest BCUT2D eigenvalue weighted by Gasteiger charge is 2.22. The molecule has 0 saturated heterocycles. The second-order valence-electron chi connectivity index (χ2n) is 5.71. The van der Waals surface area contributed by atoms with Crippen molar-refractivity contribution in [3.8, 4) is 0 Å². The van der Waals surface area contributed by atoms with Crippen LogP contribution in [0, 0.1) is 5.92 Å². The largest absolute Gasteiger partial charge is 0.398 e. The molecule has 2 rings (SSSR count). The maximum atomic E-state index is 12.2. The first-order chi connectivity index (χ1) is 9.60. The molecule has 1 fully saturated rings. The molecule has 0 heterocycles. The van der Waals surface area contributed by atoms with Gasteiger partial charge in [-0.3, -0.25) is 4.79 Å². The molecule has 0 atom stereocenters. The highest BCUT2D eigenvalue weighted by Crippen LogP contribution is 2.28. The monoisotopic (exact) mass is 294 g/mol. The number of hydrogen-bond donors (Lipinski definition) is 2. The van der Waals surface area contributed by atoms with Gasteiger partial charge in [-0.2, -0.15) is 0 Å². The Labute approximate surface area is 125 Å². The molecule has 1 saturated carbocycles. The van der Waals surface area contributed by atoms with E-state index in [0.717, 1.165) is 18.8 Å². The van der Waals surface area contributed by atoms with E-state index in [9.17, 15) is 4.79 Å².